The normalized spacial score (nSPS) is 50.2. The van der Waals surface area contributed by atoms with Crippen LogP contribution >= 0.6 is 0 Å². The number of likely N-dealkylation sites (N-methyl/N-ethyl adjacent to an activating group) is 1. The zero-order chi connectivity index (χ0) is 19.7. The molecule has 148 valence electrons. The van der Waals surface area contributed by atoms with E-state index in [-0.39, 0.29) is 41.0 Å². The molecule has 3 amide bonds. The molecule has 0 N–H and O–H groups in total. The molecule has 6 aliphatic rings. The number of carbonyl (C=O) groups excluding carboxylic acids is 3. The SMILES string of the molecule is CC1C[C@]2(C[C@@]34CN5C(=O)C[C@H](C)[C@]5(C[C@@H]3C2(C)C)C(=O)N4C)C(=O)N1C. The molecule has 2 bridgehead atoms. The fraction of sp³-hybridized carbons (Fsp3) is 0.857. The van der Waals surface area contributed by atoms with Crippen LogP contribution in [0, 0.1) is 22.7 Å². The van der Waals surface area contributed by atoms with Crippen LogP contribution in [0.25, 0.3) is 0 Å². The van der Waals surface area contributed by atoms with Crippen LogP contribution in [0.4, 0.5) is 0 Å². The second-order valence-electron chi connectivity index (χ2n) is 10.7. The number of fused-ring (bicyclic) bond motifs is 1. The summed E-state index contributed by atoms with van der Waals surface area (Å²) in [6.45, 7) is 9.27. The molecule has 5 aliphatic heterocycles. The molecular formula is C21H31N3O3. The number of likely N-dealkylation sites (tertiary alicyclic amines) is 1. The Hall–Kier alpha value is -1.59. The number of amides is 3. The summed E-state index contributed by atoms with van der Waals surface area (Å²) in [6, 6.07) is 0.213. The van der Waals surface area contributed by atoms with E-state index in [4.69, 9.17) is 0 Å². The zero-order valence-corrected chi connectivity index (χ0v) is 17.3. The van der Waals surface area contributed by atoms with Gasteiger partial charge in [-0.1, -0.05) is 20.8 Å². The van der Waals surface area contributed by atoms with E-state index in [1.165, 1.54) is 0 Å². The van der Waals surface area contributed by atoms with E-state index in [0.29, 0.717) is 25.8 Å². The van der Waals surface area contributed by atoms with E-state index in [9.17, 15) is 14.4 Å². The molecule has 0 radical (unpaired) electrons. The molecule has 0 aromatic heterocycles. The first-order valence-electron chi connectivity index (χ1n) is 10.3. The summed E-state index contributed by atoms with van der Waals surface area (Å²) in [7, 11) is 3.83. The molecule has 0 aromatic carbocycles. The van der Waals surface area contributed by atoms with Crippen LogP contribution in [0.2, 0.25) is 0 Å². The Labute approximate surface area is 161 Å². The van der Waals surface area contributed by atoms with Crippen molar-refractivity contribution < 1.29 is 14.4 Å². The summed E-state index contributed by atoms with van der Waals surface area (Å²) in [6.07, 6.45) is 2.70. The lowest BCUT2D eigenvalue weighted by molar-refractivity contribution is -0.192. The number of carbonyl (C=O) groups is 3. The van der Waals surface area contributed by atoms with Crippen molar-refractivity contribution in [2.75, 3.05) is 20.6 Å². The third kappa shape index (κ3) is 1.50. The summed E-state index contributed by atoms with van der Waals surface area (Å²) in [4.78, 5) is 45.5. The fourth-order valence-corrected chi connectivity index (χ4v) is 7.96. The number of hydrogen-bond donors (Lipinski definition) is 0. The standard InChI is InChI=1S/C21H31N3O3/c1-12-7-15(25)24-11-20-10-19(8-13(2)22(5)16(19)26)18(3,4)14(20)9-21(12,24)17(27)23(20)6/h12-14H,7-11H2,1-6H3/t12-,13?,14+,19-,20+,21+/m0/s1. The van der Waals surface area contributed by atoms with E-state index in [2.05, 4.69) is 27.7 Å². The predicted octanol–water partition coefficient (Wildman–Crippen LogP) is 1.49. The van der Waals surface area contributed by atoms with Gasteiger partial charge in [0.05, 0.1) is 11.0 Å². The third-order valence-electron chi connectivity index (χ3n) is 9.76. The highest BCUT2D eigenvalue weighted by Gasteiger charge is 2.80. The van der Waals surface area contributed by atoms with Crippen LogP contribution in [0.3, 0.4) is 0 Å². The number of piperidine rings is 2. The highest BCUT2D eigenvalue weighted by Crippen LogP contribution is 2.72. The minimum atomic E-state index is -0.694. The summed E-state index contributed by atoms with van der Waals surface area (Å²) >= 11 is 0. The molecule has 6 atom stereocenters. The minimum absolute atomic E-state index is 0.0338. The zero-order valence-electron chi connectivity index (χ0n) is 17.3. The van der Waals surface area contributed by atoms with Crippen LogP contribution in [0.1, 0.15) is 53.4 Å². The molecule has 6 fully saturated rings. The highest BCUT2D eigenvalue weighted by molar-refractivity contribution is 5.98. The highest BCUT2D eigenvalue weighted by atomic mass is 16.2. The number of hydrogen-bond acceptors (Lipinski definition) is 3. The minimum Gasteiger partial charge on any atom is -0.343 e. The van der Waals surface area contributed by atoms with Crippen LogP contribution in [0.5, 0.6) is 0 Å². The average Bonchev–Trinajstić information content (AvgIpc) is 3.07. The maximum absolute atomic E-state index is 13.5. The van der Waals surface area contributed by atoms with Crippen molar-refractivity contribution in [2.24, 2.45) is 22.7 Å². The second kappa shape index (κ2) is 4.52. The van der Waals surface area contributed by atoms with Gasteiger partial charge in [0.1, 0.15) is 5.54 Å². The Balaban J connectivity index is 1.70. The molecule has 5 saturated heterocycles. The van der Waals surface area contributed by atoms with Crippen molar-refractivity contribution in [3.8, 4) is 0 Å². The topological polar surface area (TPSA) is 60.9 Å². The predicted molar refractivity (Wildman–Crippen MR) is 99.5 cm³/mol. The Morgan fingerprint density at radius 1 is 1.00 bits per heavy atom. The van der Waals surface area contributed by atoms with Crippen molar-refractivity contribution in [3.63, 3.8) is 0 Å². The van der Waals surface area contributed by atoms with Gasteiger partial charge in [0, 0.05) is 33.1 Å². The summed E-state index contributed by atoms with van der Waals surface area (Å²) in [5.74, 6) is 0.711. The number of piperazine rings is 1. The molecule has 1 aliphatic carbocycles. The Morgan fingerprint density at radius 3 is 2.26 bits per heavy atom. The van der Waals surface area contributed by atoms with E-state index < -0.39 is 16.5 Å². The first kappa shape index (κ1) is 17.5. The van der Waals surface area contributed by atoms with Crippen molar-refractivity contribution >= 4 is 17.7 Å². The Kier molecular flexibility index (Phi) is 2.93. The van der Waals surface area contributed by atoms with Gasteiger partial charge in [-0.15, -0.1) is 0 Å². The van der Waals surface area contributed by atoms with Crippen molar-refractivity contribution in [1.82, 2.24) is 14.7 Å². The van der Waals surface area contributed by atoms with Gasteiger partial charge < -0.3 is 14.7 Å². The van der Waals surface area contributed by atoms with E-state index >= 15 is 0 Å². The molecule has 6 heteroatoms. The first-order chi connectivity index (χ1) is 12.5. The molecule has 0 aromatic rings. The fourth-order valence-electron chi connectivity index (χ4n) is 7.96. The Bertz CT molecular complexity index is 794. The Morgan fingerprint density at radius 2 is 1.67 bits per heavy atom. The molecule has 5 heterocycles. The lowest BCUT2D eigenvalue weighted by Crippen LogP contribution is -2.80. The van der Waals surface area contributed by atoms with Gasteiger partial charge in [0.25, 0.3) is 0 Å². The molecule has 3 spiro atoms. The van der Waals surface area contributed by atoms with Crippen LogP contribution < -0.4 is 0 Å². The van der Waals surface area contributed by atoms with Crippen molar-refractivity contribution in [2.45, 2.75) is 70.5 Å². The van der Waals surface area contributed by atoms with Crippen LogP contribution in [0.15, 0.2) is 0 Å². The maximum atomic E-state index is 13.5. The smallest absolute Gasteiger partial charge is 0.249 e. The van der Waals surface area contributed by atoms with Crippen LogP contribution in [-0.4, -0.2) is 70.2 Å². The van der Waals surface area contributed by atoms with Gasteiger partial charge in [-0.05, 0) is 43.4 Å². The second-order valence-corrected chi connectivity index (χ2v) is 10.7. The largest absolute Gasteiger partial charge is 0.343 e. The van der Waals surface area contributed by atoms with Crippen LogP contribution in [-0.2, 0) is 14.4 Å². The maximum Gasteiger partial charge on any atom is 0.249 e. The van der Waals surface area contributed by atoms with Gasteiger partial charge in [-0.25, -0.2) is 0 Å². The van der Waals surface area contributed by atoms with Gasteiger partial charge in [0.15, 0.2) is 0 Å². The molecule has 6 nitrogen and oxygen atoms in total. The lowest BCUT2D eigenvalue weighted by atomic mass is 9.56. The molecule has 27 heavy (non-hydrogen) atoms. The molecule has 1 unspecified atom stereocenters. The summed E-state index contributed by atoms with van der Waals surface area (Å²) < 4.78 is 0. The van der Waals surface area contributed by atoms with Gasteiger partial charge in [0.2, 0.25) is 17.7 Å². The van der Waals surface area contributed by atoms with Gasteiger partial charge in [-0.2, -0.15) is 0 Å². The first-order valence-corrected chi connectivity index (χ1v) is 10.3. The summed E-state index contributed by atoms with van der Waals surface area (Å²) in [5.41, 5.74) is -1.76. The van der Waals surface area contributed by atoms with E-state index in [0.717, 1.165) is 6.42 Å². The van der Waals surface area contributed by atoms with Crippen molar-refractivity contribution in [1.29, 1.82) is 0 Å². The monoisotopic (exact) mass is 373 g/mol. The summed E-state index contributed by atoms with van der Waals surface area (Å²) in [5, 5.41) is 0. The molecule has 1 saturated carbocycles. The number of rotatable bonds is 0. The van der Waals surface area contributed by atoms with Crippen molar-refractivity contribution in [3.05, 3.63) is 0 Å². The van der Waals surface area contributed by atoms with E-state index in [1.807, 2.05) is 28.8 Å². The van der Waals surface area contributed by atoms with E-state index in [1.54, 1.807) is 0 Å². The number of nitrogens with zero attached hydrogens (tertiary/aromatic N) is 3. The lowest BCUT2D eigenvalue weighted by Gasteiger charge is -2.64. The average molecular weight is 373 g/mol. The quantitative estimate of drug-likeness (QED) is 0.646. The molecular weight excluding hydrogens is 342 g/mol. The van der Waals surface area contributed by atoms with Gasteiger partial charge in [-0.3, -0.25) is 14.4 Å². The van der Waals surface area contributed by atoms with Gasteiger partial charge >= 0.3 is 0 Å². The third-order valence-corrected chi connectivity index (χ3v) is 9.76. The molecule has 6 rings (SSSR count).